The lowest BCUT2D eigenvalue weighted by Crippen LogP contribution is -2.37. The van der Waals surface area contributed by atoms with Crippen molar-refractivity contribution in [2.24, 2.45) is 5.18 Å². The molecular formula is C17H23N3O3S. The van der Waals surface area contributed by atoms with Gasteiger partial charge in [0, 0.05) is 17.3 Å². The smallest absolute Gasteiger partial charge is 0.308 e. The highest BCUT2D eigenvalue weighted by molar-refractivity contribution is 7.96. The number of amides is 2. The van der Waals surface area contributed by atoms with Crippen LogP contribution in [-0.2, 0) is 4.79 Å². The van der Waals surface area contributed by atoms with E-state index >= 15 is 0 Å². The van der Waals surface area contributed by atoms with Crippen LogP contribution in [0.1, 0.15) is 35.7 Å². The van der Waals surface area contributed by atoms with Crippen LogP contribution in [0.4, 0.5) is 0 Å². The molecule has 7 heteroatoms. The molecule has 1 aromatic carbocycles. The maximum atomic E-state index is 12.1. The van der Waals surface area contributed by atoms with Crippen LogP contribution < -0.4 is 5.32 Å². The van der Waals surface area contributed by atoms with Gasteiger partial charge in [-0.25, -0.2) is 0 Å². The van der Waals surface area contributed by atoms with Crippen LogP contribution in [0.25, 0.3) is 6.08 Å². The molecule has 0 aliphatic heterocycles. The lowest BCUT2D eigenvalue weighted by molar-refractivity contribution is -0.119. The molecular weight excluding hydrogens is 326 g/mol. The molecule has 0 heterocycles. The molecule has 1 aromatic rings. The van der Waals surface area contributed by atoms with Crippen molar-refractivity contribution in [2.75, 3.05) is 19.8 Å². The Balaban J connectivity index is 2.58. The van der Waals surface area contributed by atoms with E-state index in [1.807, 2.05) is 18.4 Å². The van der Waals surface area contributed by atoms with Crippen molar-refractivity contribution >= 4 is 29.8 Å². The van der Waals surface area contributed by atoms with Crippen molar-refractivity contribution in [2.45, 2.75) is 25.8 Å². The summed E-state index contributed by atoms with van der Waals surface area (Å²) in [5.74, 6) is -1.30. The average molecular weight is 349 g/mol. The van der Waals surface area contributed by atoms with Crippen LogP contribution in [-0.4, -0.2) is 42.0 Å². The quantitative estimate of drug-likeness (QED) is 0.421. The van der Waals surface area contributed by atoms with E-state index in [9.17, 15) is 14.5 Å². The van der Waals surface area contributed by atoms with Gasteiger partial charge in [0.1, 0.15) is 6.04 Å². The van der Waals surface area contributed by atoms with Crippen molar-refractivity contribution in [3.8, 4) is 0 Å². The number of carbonyl (C=O) groups excluding carboxylic acids is 2. The number of unbranched alkanes of at least 4 members (excludes halogenated alkanes) is 1. The minimum atomic E-state index is -0.928. The van der Waals surface area contributed by atoms with Gasteiger partial charge in [0.2, 0.25) is 0 Å². The van der Waals surface area contributed by atoms with E-state index in [-0.39, 0.29) is 0 Å². The second kappa shape index (κ2) is 10.7. The minimum absolute atomic E-state index is 0.406. The first-order valence-electron chi connectivity index (χ1n) is 7.68. The largest absolute Gasteiger partial charge is 0.340 e. The highest BCUT2D eigenvalue weighted by Gasteiger charge is 2.16. The predicted molar refractivity (Wildman–Crippen MR) is 98.6 cm³/mol. The molecule has 24 heavy (non-hydrogen) atoms. The molecule has 0 fully saturated rings. The summed E-state index contributed by atoms with van der Waals surface area (Å²) >= 11 is 1.71. The predicted octanol–water partition coefficient (Wildman–Crippen LogP) is 3.10. The highest BCUT2D eigenvalue weighted by atomic mass is 32.2. The van der Waals surface area contributed by atoms with Gasteiger partial charge in [-0.15, -0.1) is 4.91 Å². The molecule has 0 aromatic heterocycles. The van der Waals surface area contributed by atoms with Gasteiger partial charge in [0.05, 0.1) is 0 Å². The molecule has 6 nitrogen and oxygen atoms in total. The summed E-state index contributed by atoms with van der Waals surface area (Å²) in [6.07, 6.45) is 8.11. The number of nitrogens with one attached hydrogen (secondary N) is 1. The number of allylic oxidation sites excluding steroid dienone is 1. The van der Waals surface area contributed by atoms with Gasteiger partial charge in [0.25, 0.3) is 5.91 Å². The Hall–Kier alpha value is -1.99. The fourth-order valence-electron chi connectivity index (χ4n) is 1.95. The van der Waals surface area contributed by atoms with Crippen LogP contribution in [0.5, 0.6) is 0 Å². The topological polar surface area (TPSA) is 78.8 Å². The van der Waals surface area contributed by atoms with Crippen molar-refractivity contribution in [1.29, 1.82) is 0 Å². The zero-order valence-corrected chi connectivity index (χ0v) is 15.0. The highest BCUT2D eigenvalue weighted by Crippen LogP contribution is 2.09. The van der Waals surface area contributed by atoms with Gasteiger partial charge >= 0.3 is 5.91 Å². The first kappa shape index (κ1) is 20.1. The summed E-state index contributed by atoms with van der Waals surface area (Å²) < 4.78 is 2.18. The normalized spacial score (nSPS) is 12.3. The lowest BCUT2D eigenvalue weighted by atomic mass is 10.1. The molecule has 1 rings (SSSR count). The second-order valence-electron chi connectivity index (χ2n) is 5.33. The van der Waals surface area contributed by atoms with Gasteiger partial charge in [-0.1, -0.05) is 36.2 Å². The van der Waals surface area contributed by atoms with E-state index in [1.165, 1.54) is 6.92 Å². The molecule has 0 radical (unpaired) electrons. The van der Waals surface area contributed by atoms with E-state index in [1.54, 1.807) is 30.1 Å². The molecule has 0 bridgehead atoms. The Kier molecular flexibility index (Phi) is 8.96. The van der Waals surface area contributed by atoms with Crippen LogP contribution in [0.3, 0.4) is 0 Å². The summed E-state index contributed by atoms with van der Waals surface area (Å²) in [7, 11) is 2.06. The van der Waals surface area contributed by atoms with Gasteiger partial charge in [0.15, 0.2) is 0 Å². The first-order chi connectivity index (χ1) is 11.5. The standard InChI is InChI=1S/C17H23N3O3S/c1-13(16(21)19-23)18-17(22)15-10-7-9-14(12-15)8-5-4-6-11-20(2)24-3/h5,7-10,12-13H,4,6,11H2,1-3H3,(H,18,22)/b8-5-. The SMILES string of the molecule is CSN(C)CCC/C=C\c1cccc(C(=O)NC(C)C(=O)N=O)c1. The Morgan fingerprint density at radius 1 is 1.42 bits per heavy atom. The Labute approximate surface area is 146 Å². The third kappa shape index (κ3) is 7.06. The Bertz CT molecular complexity index is 604. The summed E-state index contributed by atoms with van der Waals surface area (Å²) in [4.78, 5) is 33.4. The summed E-state index contributed by atoms with van der Waals surface area (Å²) in [5, 5.41) is 4.76. The van der Waals surface area contributed by atoms with E-state index in [0.717, 1.165) is 24.9 Å². The van der Waals surface area contributed by atoms with Crippen molar-refractivity contribution in [3.63, 3.8) is 0 Å². The zero-order chi connectivity index (χ0) is 17.9. The third-order valence-electron chi connectivity index (χ3n) is 3.42. The maximum Gasteiger partial charge on any atom is 0.308 e. The molecule has 0 aliphatic carbocycles. The number of nitroso groups, excluding NO2 is 1. The minimum Gasteiger partial charge on any atom is -0.340 e. The van der Waals surface area contributed by atoms with E-state index < -0.39 is 17.9 Å². The van der Waals surface area contributed by atoms with Crippen molar-refractivity contribution in [3.05, 3.63) is 46.4 Å². The van der Waals surface area contributed by atoms with Crippen LogP contribution in [0.15, 0.2) is 35.5 Å². The molecule has 1 N–H and O–H groups in total. The molecule has 1 atom stereocenters. The number of carbonyl (C=O) groups is 2. The molecule has 2 amide bonds. The van der Waals surface area contributed by atoms with E-state index in [2.05, 4.69) is 27.9 Å². The lowest BCUT2D eigenvalue weighted by Gasteiger charge is -2.10. The molecule has 0 aliphatic rings. The number of rotatable bonds is 9. The average Bonchev–Trinajstić information content (AvgIpc) is 2.60. The fraction of sp³-hybridized carbons (Fsp3) is 0.412. The van der Waals surface area contributed by atoms with Crippen molar-refractivity contribution < 1.29 is 9.59 Å². The van der Waals surface area contributed by atoms with Crippen LogP contribution in [0.2, 0.25) is 0 Å². The van der Waals surface area contributed by atoms with Gasteiger partial charge in [-0.3, -0.25) is 13.9 Å². The number of hydrogen-bond acceptors (Lipinski definition) is 5. The van der Waals surface area contributed by atoms with E-state index in [4.69, 9.17) is 0 Å². The Morgan fingerprint density at radius 2 is 2.17 bits per heavy atom. The van der Waals surface area contributed by atoms with Gasteiger partial charge in [-0.05, 0) is 50.8 Å². The van der Waals surface area contributed by atoms with Crippen LogP contribution in [0, 0.1) is 4.91 Å². The van der Waals surface area contributed by atoms with Crippen LogP contribution >= 0.6 is 11.9 Å². The Morgan fingerprint density at radius 3 is 2.83 bits per heavy atom. The molecule has 0 saturated carbocycles. The van der Waals surface area contributed by atoms with Gasteiger partial charge < -0.3 is 5.32 Å². The second-order valence-corrected chi connectivity index (χ2v) is 6.32. The monoisotopic (exact) mass is 349 g/mol. The number of hydrogen-bond donors (Lipinski definition) is 1. The molecule has 1 unspecified atom stereocenters. The first-order valence-corrected chi connectivity index (χ1v) is 8.86. The number of benzene rings is 1. The summed E-state index contributed by atoms with van der Waals surface area (Å²) in [6.45, 7) is 2.45. The summed E-state index contributed by atoms with van der Waals surface area (Å²) in [6, 6.07) is 6.16. The molecule has 0 saturated heterocycles. The number of nitrogens with zero attached hydrogens (tertiary/aromatic N) is 2. The zero-order valence-electron chi connectivity index (χ0n) is 14.2. The third-order valence-corrected chi connectivity index (χ3v) is 4.23. The molecule has 130 valence electrons. The van der Waals surface area contributed by atoms with E-state index in [0.29, 0.717) is 5.56 Å². The maximum absolute atomic E-state index is 12.1. The van der Waals surface area contributed by atoms with Crippen molar-refractivity contribution in [1.82, 2.24) is 9.62 Å². The fourth-order valence-corrected chi connectivity index (χ4v) is 2.26. The molecule has 0 spiro atoms. The van der Waals surface area contributed by atoms with Gasteiger partial charge in [-0.2, -0.15) is 0 Å². The summed E-state index contributed by atoms with van der Waals surface area (Å²) in [5.41, 5.74) is 1.35.